The molecule has 0 aromatic carbocycles. The van der Waals surface area contributed by atoms with Crippen LogP contribution in [0.1, 0.15) is 32.6 Å². The fourth-order valence-electron chi connectivity index (χ4n) is 1.34. The molecule has 1 fully saturated rings. The third-order valence-electron chi connectivity index (χ3n) is 2.74. The molecule has 1 rings (SSSR count). The second-order valence-electron chi connectivity index (χ2n) is 3.67. The summed E-state index contributed by atoms with van der Waals surface area (Å²) in [6.07, 6.45) is 4.18. The fourth-order valence-corrected chi connectivity index (χ4v) is 1.34. The molecular weight excluding hydrogens is 152 g/mol. The van der Waals surface area contributed by atoms with Crippen LogP contribution in [0.15, 0.2) is 0 Å². The molecule has 0 aromatic rings. The third kappa shape index (κ3) is 2.48. The lowest BCUT2D eigenvalue weighted by molar-refractivity contribution is -0.121. The van der Waals surface area contributed by atoms with E-state index in [1.807, 2.05) is 0 Å². The van der Waals surface area contributed by atoms with E-state index < -0.39 is 0 Å². The molecule has 0 atom stereocenters. The molecule has 0 radical (unpaired) electrons. The Morgan fingerprint density at radius 1 is 1.58 bits per heavy atom. The number of carbonyl (C=O) groups excluding carboxylic acids is 1. The molecule has 0 saturated heterocycles. The second-order valence-corrected chi connectivity index (χ2v) is 3.67. The summed E-state index contributed by atoms with van der Waals surface area (Å²) in [6.45, 7) is 3.48. The van der Waals surface area contributed by atoms with Crippen LogP contribution in [-0.2, 0) is 4.79 Å². The Bertz CT molecular complexity index is 164. The minimum Gasteiger partial charge on any atom is -0.356 e. The van der Waals surface area contributed by atoms with E-state index in [4.69, 9.17) is 5.73 Å². The van der Waals surface area contributed by atoms with Gasteiger partial charge in [-0.05, 0) is 24.7 Å². The van der Waals surface area contributed by atoms with Gasteiger partial charge in [-0.25, -0.2) is 0 Å². The Hall–Kier alpha value is -0.570. The highest BCUT2D eigenvalue weighted by Gasteiger charge is 2.40. The number of nitrogens with two attached hydrogens (primary N) is 1. The summed E-state index contributed by atoms with van der Waals surface area (Å²) in [4.78, 5) is 11.0. The maximum atomic E-state index is 11.0. The molecular formula is C9H18N2O. The van der Waals surface area contributed by atoms with E-state index in [2.05, 4.69) is 12.2 Å². The van der Waals surface area contributed by atoms with Crippen molar-refractivity contribution in [2.45, 2.75) is 32.6 Å². The first kappa shape index (κ1) is 9.52. The van der Waals surface area contributed by atoms with Crippen LogP contribution in [0.5, 0.6) is 0 Å². The largest absolute Gasteiger partial charge is 0.356 e. The number of nitrogens with one attached hydrogen (secondary N) is 1. The van der Waals surface area contributed by atoms with E-state index in [1.165, 1.54) is 19.3 Å². The van der Waals surface area contributed by atoms with Gasteiger partial charge < -0.3 is 11.1 Å². The first-order valence-electron chi connectivity index (χ1n) is 4.69. The smallest absolute Gasteiger partial charge is 0.221 e. The van der Waals surface area contributed by atoms with Gasteiger partial charge in [0.15, 0.2) is 0 Å². The zero-order chi connectivity index (χ0) is 9.03. The lowest BCUT2D eigenvalue weighted by Crippen LogP contribution is -2.31. The van der Waals surface area contributed by atoms with Gasteiger partial charge in [-0.2, -0.15) is 0 Å². The first-order chi connectivity index (χ1) is 5.72. The predicted molar refractivity (Wildman–Crippen MR) is 48.6 cm³/mol. The molecule has 0 heterocycles. The Kier molecular flexibility index (Phi) is 3.09. The zero-order valence-corrected chi connectivity index (χ0v) is 7.73. The highest BCUT2D eigenvalue weighted by atomic mass is 16.1. The number of rotatable bonds is 5. The van der Waals surface area contributed by atoms with Gasteiger partial charge >= 0.3 is 0 Å². The van der Waals surface area contributed by atoms with E-state index >= 15 is 0 Å². The molecule has 1 aliphatic carbocycles. The molecule has 0 aliphatic heterocycles. The van der Waals surface area contributed by atoms with Crippen LogP contribution in [0, 0.1) is 5.41 Å². The van der Waals surface area contributed by atoms with Crippen LogP contribution < -0.4 is 11.1 Å². The molecule has 0 aromatic heterocycles. The lowest BCUT2D eigenvalue weighted by atomic mass is 10.0. The van der Waals surface area contributed by atoms with Gasteiger partial charge in [0.2, 0.25) is 5.91 Å². The van der Waals surface area contributed by atoms with Crippen LogP contribution in [0.25, 0.3) is 0 Å². The van der Waals surface area contributed by atoms with Crippen molar-refractivity contribution in [3.05, 3.63) is 0 Å². The Balaban J connectivity index is 2.12. The number of hydrogen-bond acceptors (Lipinski definition) is 2. The summed E-state index contributed by atoms with van der Waals surface area (Å²) in [5.74, 6) is 0.0947. The number of amides is 1. The quantitative estimate of drug-likeness (QED) is 0.636. The minimum absolute atomic E-state index is 0.0947. The van der Waals surface area contributed by atoms with Crippen molar-refractivity contribution in [2.24, 2.45) is 11.1 Å². The van der Waals surface area contributed by atoms with Crippen LogP contribution in [0.4, 0.5) is 0 Å². The van der Waals surface area contributed by atoms with Crippen molar-refractivity contribution >= 4 is 5.91 Å². The Morgan fingerprint density at radius 3 is 2.67 bits per heavy atom. The number of carbonyl (C=O) groups is 1. The van der Waals surface area contributed by atoms with Crippen molar-refractivity contribution in [2.75, 3.05) is 13.1 Å². The highest BCUT2D eigenvalue weighted by Crippen LogP contribution is 2.47. The summed E-state index contributed by atoms with van der Waals surface area (Å²) in [6, 6.07) is 0. The lowest BCUT2D eigenvalue weighted by Gasteiger charge is -2.12. The molecule has 3 N–H and O–H groups in total. The van der Waals surface area contributed by atoms with Crippen molar-refractivity contribution < 1.29 is 4.79 Å². The first-order valence-corrected chi connectivity index (χ1v) is 4.69. The molecule has 70 valence electrons. The van der Waals surface area contributed by atoms with E-state index in [0.29, 0.717) is 18.4 Å². The minimum atomic E-state index is 0.0947. The topological polar surface area (TPSA) is 55.1 Å². The standard InChI is InChI=1S/C9H18N2O/c1-2-9(4-5-9)7-11-8(12)3-6-10/h2-7,10H2,1H3,(H,11,12). The molecule has 1 saturated carbocycles. The van der Waals surface area contributed by atoms with Crippen LogP contribution in [0.3, 0.4) is 0 Å². The summed E-state index contributed by atoms with van der Waals surface area (Å²) < 4.78 is 0. The van der Waals surface area contributed by atoms with Gasteiger partial charge in [-0.3, -0.25) is 4.79 Å². The summed E-state index contributed by atoms with van der Waals surface area (Å²) >= 11 is 0. The predicted octanol–water partition coefficient (Wildman–Crippen LogP) is 0.642. The molecule has 0 bridgehead atoms. The van der Waals surface area contributed by atoms with Gasteiger partial charge in [0, 0.05) is 19.5 Å². The maximum absolute atomic E-state index is 11.0. The fraction of sp³-hybridized carbons (Fsp3) is 0.889. The van der Waals surface area contributed by atoms with E-state index in [0.717, 1.165) is 6.54 Å². The molecule has 1 aliphatic rings. The summed E-state index contributed by atoms with van der Waals surface area (Å²) in [7, 11) is 0. The summed E-state index contributed by atoms with van der Waals surface area (Å²) in [5.41, 5.74) is 5.70. The van der Waals surface area contributed by atoms with Crippen LogP contribution >= 0.6 is 0 Å². The zero-order valence-electron chi connectivity index (χ0n) is 7.73. The Morgan fingerprint density at radius 2 is 2.25 bits per heavy atom. The molecule has 0 unspecified atom stereocenters. The number of hydrogen-bond donors (Lipinski definition) is 2. The highest BCUT2D eigenvalue weighted by molar-refractivity contribution is 5.76. The SMILES string of the molecule is CCC1(CNC(=O)CCN)CC1. The molecule has 3 nitrogen and oxygen atoms in total. The van der Waals surface area contributed by atoms with Crippen molar-refractivity contribution in [1.82, 2.24) is 5.32 Å². The average molecular weight is 170 g/mol. The van der Waals surface area contributed by atoms with E-state index in [9.17, 15) is 4.79 Å². The van der Waals surface area contributed by atoms with Crippen LogP contribution in [0.2, 0.25) is 0 Å². The van der Waals surface area contributed by atoms with Gasteiger partial charge in [-0.1, -0.05) is 6.92 Å². The normalized spacial score (nSPS) is 18.8. The van der Waals surface area contributed by atoms with Crippen molar-refractivity contribution in [3.63, 3.8) is 0 Å². The van der Waals surface area contributed by atoms with Gasteiger partial charge in [0.05, 0.1) is 0 Å². The summed E-state index contributed by atoms with van der Waals surface area (Å²) in [5, 5.41) is 2.92. The van der Waals surface area contributed by atoms with E-state index in [-0.39, 0.29) is 5.91 Å². The van der Waals surface area contributed by atoms with Crippen molar-refractivity contribution in [3.8, 4) is 0 Å². The van der Waals surface area contributed by atoms with Gasteiger partial charge in [-0.15, -0.1) is 0 Å². The molecule has 12 heavy (non-hydrogen) atoms. The average Bonchev–Trinajstić information content (AvgIpc) is 2.82. The van der Waals surface area contributed by atoms with Gasteiger partial charge in [0.25, 0.3) is 0 Å². The maximum Gasteiger partial charge on any atom is 0.221 e. The monoisotopic (exact) mass is 170 g/mol. The van der Waals surface area contributed by atoms with E-state index in [1.54, 1.807) is 0 Å². The molecule has 0 spiro atoms. The van der Waals surface area contributed by atoms with Crippen molar-refractivity contribution in [1.29, 1.82) is 0 Å². The second kappa shape index (κ2) is 3.90. The molecule has 1 amide bonds. The van der Waals surface area contributed by atoms with Crippen LogP contribution in [-0.4, -0.2) is 19.0 Å². The third-order valence-corrected chi connectivity index (χ3v) is 2.74. The molecule has 3 heteroatoms. The van der Waals surface area contributed by atoms with Gasteiger partial charge in [0.1, 0.15) is 0 Å². The Labute approximate surface area is 73.7 Å².